The Bertz CT molecular complexity index is 428. The minimum absolute atomic E-state index is 0.266. The van der Waals surface area contributed by atoms with Crippen LogP contribution >= 0.6 is 0 Å². The van der Waals surface area contributed by atoms with E-state index in [1.807, 2.05) is 45.0 Å². The van der Waals surface area contributed by atoms with E-state index in [0.29, 0.717) is 6.61 Å². The molecule has 0 amide bonds. The minimum Gasteiger partial charge on any atom is -0.493 e. The topological polar surface area (TPSA) is 67.8 Å². The number of nitrogens with zero attached hydrogens (tertiary/aromatic N) is 1. The van der Waals surface area contributed by atoms with Gasteiger partial charge in [-0.3, -0.25) is 0 Å². The van der Waals surface area contributed by atoms with Crippen molar-refractivity contribution in [3.63, 3.8) is 0 Å². The fraction of sp³-hybridized carbons (Fsp3) is 0.533. The second-order valence-electron chi connectivity index (χ2n) is 5.44. The summed E-state index contributed by atoms with van der Waals surface area (Å²) in [5.74, 6) is 1.23. The number of oxime groups is 1. The summed E-state index contributed by atoms with van der Waals surface area (Å²) in [6, 6.07) is 8.00. The molecule has 106 valence electrons. The maximum atomic E-state index is 8.69. The molecule has 0 fully saturated rings. The van der Waals surface area contributed by atoms with Crippen molar-refractivity contribution >= 4 is 5.84 Å². The number of aryl methyl sites for hydroxylation is 1. The van der Waals surface area contributed by atoms with Crippen LogP contribution in [0.1, 0.15) is 38.7 Å². The number of ether oxygens (including phenoxy) is 1. The molecule has 0 heterocycles. The first-order valence-electron chi connectivity index (χ1n) is 6.64. The molecule has 0 saturated carbocycles. The molecule has 0 aliphatic heterocycles. The molecule has 0 saturated heterocycles. The van der Waals surface area contributed by atoms with Gasteiger partial charge in [-0.05, 0) is 37.8 Å². The zero-order chi connectivity index (χ0) is 14.3. The quantitative estimate of drug-likeness (QED) is 0.261. The van der Waals surface area contributed by atoms with Gasteiger partial charge in [0.05, 0.1) is 6.61 Å². The highest BCUT2D eigenvalue weighted by Crippen LogP contribution is 2.23. The van der Waals surface area contributed by atoms with Crippen LogP contribution in [0.15, 0.2) is 29.4 Å². The maximum Gasteiger partial charge on any atom is 0.144 e. The normalized spacial score (nSPS) is 12.5. The van der Waals surface area contributed by atoms with E-state index in [1.165, 1.54) is 0 Å². The number of hydrogen-bond donors (Lipinski definition) is 2. The average molecular weight is 264 g/mol. The molecule has 1 aromatic rings. The van der Waals surface area contributed by atoms with Crippen molar-refractivity contribution in [1.82, 2.24) is 0 Å². The van der Waals surface area contributed by atoms with Gasteiger partial charge in [0.25, 0.3) is 0 Å². The molecule has 4 nitrogen and oxygen atoms in total. The van der Waals surface area contributed by atoms with E-state index >= 15 is 0 Å². The van der Waals surface area contributed by atoms with Crippen LogP contribution in [0.4, 0.5) is 0 Å². The van der Waals surface area contributed by atoms with E-state index in [9.17, 15) is 0 Å². The van der Waals surface area contributed by atoms with Crippen LogP contribution in [0.25, 0.3) is 0 Å². The second-order valence-corrected chi connectivity index (χ2v) is 5.44. The van der Waals surface area contributed by atoms with Crippen LogP contribution < -0.4 is 10.5 Å². The van der Waals surface area contributed by atoms with E-state index in [4.69, 9.17) is 15.7 Å². The molecule has 0 spiro atoms. The average Bonchev–Trinajstić information content (AvgIpc) is 2.39. The molecule has 0 unspecified atom stereocenters. The predicted molar refractivity (Wildman–Crippen MR) is 77.7 cm³/mol. The van der Waals surface area contributed by atoms with E-state index in [-0.39, 0.29) is 11.3 Å². The number of unbranched alkanes of at least 4 members (excludes halogenated alkanes) is 1. The lowest BCUT2D eigenvalue weighted by Gasteiger charge is -2.22. The molecule has 1 aromatic carbocycles. The van der Waals surface area contributed by atoms with E-state index < -0.39 is 0 Å². The molecular weight excluding hydrogens is 240 g/mol. The van der Waals surface area contributed by atoms with Gasteiger partial charge < -0.3 is 15.7 Å². The number of para-hydroxylation sites is 1. The third kappa shape index (κ3) is 4.81. The molecule has 0 radical (unpaired) electrons. The summed E-state index contributed by atoms with van der Waals surface area (Å²) in [6.45, 7) is 6.68. The van der Waals surface area contributed by atoms with Crippen molar-refractivity contribution in [2.24, 2.45) is 16.3 Å². The first-order chi connectivity index (χ1) is 8.97. The lowest BCUT2D eigenvalue weighted by atomic mass is 9.86. The molecule has 0 atom stereocenters. The van der Waals surface area contributed by atoms with Crippen molar-refractivity contribution in [1.29, 1.82) is 0 Å². The molecule has 1 rings (SSSR count). The molecule has 0 aliphatic rings. The highest BCUT2D eigenvalue weighted by molar-refractivity contribution is 5.85. The summed E-state index contributed by atoms with van der Waals surface area (Å²) < 4.78 is 5.73. The van der Waals surface area contributed by atoms with Gasteiger partial charge in [0.2, 0.25) is 0 Å². The van der Waals surface area contributed by atoms with Crippen molar-refractivity contribution in [3.05, 3.63) is 29.8 Å². The van der Waals surface area contributed by atoms with E-state index in [1.54, 1.807) is 0 Å². The van der Waals surface area contributed by atoms with Gasteiger partial charge in [-0.1, -0.05) is 37.2 Å². The van der Waals surface area contributed by atoms with Gasteiger partial charge in [0.1, 0.15) is 11.6 Å². The Morgan fingerprint density at radius 1 is 1.32 bits per heavy atom. The fourth-order valence-electron chi connectivity index (χ4n) is 1.83. The largest absolute Gasteiger partial charge is 0.493 e. The predicted octanol–water partition coefficient (Wildman–Crippen LogP) is 3.32. The van der Waals surface area contributed by atoms with Crippen molar-refractivity contribution in [2.75, 3.05) is 6.61 Å². The highest BCUT2D eigenvalue weighted by Gasteiger charge is 2.22. The van der Waals surface area contributed by atoms with Crippen LogP contribution in [0.5, 0.6) is 5.75 Å². The maximum absolute atomic E-state index is 8.69. The first-order valence-corrected chi connectivity index (χ1v) is 6.64. The Morgan fingerprint density at radius 3 is 2.63 bits per heavy atom. The number of rotatable bonds is 7. The fourth-order valence-corrected chi connectivity index (χ4v) is 1.83. The van der Waals surface area contributed by atoms with Gasteiger partial charge in [-0.2, -0.15) is 0 Å². The SMILES string of the molecule is Cc1ccccc1OCCCCC(C)(C)/C(N)=N/O. The number of nitrogens with two attached hydrogens (primary N) is 1. The monoisotopic (exact) mass is 264 g/mol. The summed E-state index contributed by atoms with van der Waals surface area (Å²) in [5, 5.41) is 11.8. The second kappa shape index (κ2) is 7.02. The van der Waals surface area contributed by atoms with E-state index in [2.05, 4.69) is 5.16 Å². The summed E-state index contributed by atoms with van der Waals surface area (Å²) in [7, 11) is 0. The van der Waals surface area contributed by atoms with Gasteiger partial charge in [-0.25, -0.2) is 0 Å². The number of hydrogen-bond acceptors (Lipinski definition) is 3. The Morgan fingerprint density at radius 2 is 2.00 bits per heavy atom. The molecular formula is C15H24N2O2. The Hall–Kier alpha value is -1.71. The van der Waals surface area contributed by atoms with Crippen molar-refractivity contribution < 1.29 is 9.94 Å². The minimum atomic E-state index is -0.266. The van der Waals surface area contributed by atoms with Crippen molar-refractivity contribution in [2.45, 2.75) is 40.0 Å². The molecule has 4 heteroatoms. The molecule has 0 aromatic heterocycles. The lowest BCUT2D eigenvalue weighted by Crippen LogP contribution is -2.31. The molecule has 0 aliphatic carbocycles. The third-order valence-corrected chi connectivity index (χ3v) is 3.35. The standard InChI is InChI=1S/C15H24N2O2/c1-12-8-4-5-9-13(12)19-11-7-6-10-15(2,3)14(16)17-18/h4-5,8-9,18H,6-7,10-11H2,1-3H3,(H2,16,17). The third-order valence-electron chi connectivity index (χ3n) is 3.35. The van der Waals surface area contributed by atoms with E-state index in [0.717, 1.165) is 30.6 Å². The Balaban J connectivity index is 2.27. The number of benzene rings is 1. The summed E-state index contributed by atoms with van der Waals surface area (Å²) >= 11 is 0. The smallest absolute Gasteiger partial charge is 0.144 e. The Labute approximate surface area is 115 Å². The van der Waals surface area contributed by atoms with Crippen LogP contribution in [0.2, 0.25) is 0 Å². The highest BCUT2D eigenvalue weighted by atomic mass is 16.5. The zero-order valence-corrected chi connectivity index (χ0v) is 12.0. The lowest BCUT2D eigenvalue weighted by molar-refractivity contribution is 0.287. The summed E-state index contributed by atoms with van der Waals surface area (Å²) in [4.78, 5) is 0. The van der Waals surface area contributed by atoms with Crippen LogP contribution in [-0.4, -0.2) is 17.6 Å². The zero-order valence-electron chi connectivity index (χ0n) is 12.0. The Kier molecular flexibility index (Phi) is 5.67. The number of amidine groups is 1. The van der Waals surface area contributed by atoms with Crippen molar-refractivity contribution in [3.8, 4) is 5.75 Å². The van der Waals surface area contributed by atoms with Crippen LogP contribution in [0, 0.1) is 12.3 Å². The molecule has 19 heavy (non-hydrogen) atoms. The summed E-state index contributed by atoms with van der Waals surface area (Å²) in [6.07, 6.45) is 2.81. The van der Waals surface area contributed by atoms with Gasteiger partial charge in [0, 0.05) is 5.41 Å². The summed E-state index contributed by atoms with van der Waals surface area (Å²) in [5.41, 5.74) is 6.53. The van der Waals surface area contributed by atoms with Gasteiger partial charge >= 0.3 is 0 Å². The first kappa shape index (κ1) is 15.3. The van der Waals surface area contributed by atoms with Gasteiger partial charge in [-0.15, -0.1) is 0 Å². The van der Waals surface area contributed by atoms with Crippen LogP contribution in [0.3, 0.4) is 0 Å². The molecule has 3 N–H and O–H groups in total. The molecule has 0 bridgehead atoms. The van der Waals surface area contributed by atoms with Crippen LogP contribution in [-0.2, 0) is 0 Å². The van der Waals surface area contributed by atoms with Gasteiger partial charge in [0.15, 0.2) is 0 Å².